The fourth-order valence-corrected chi connectivity index (χ4v) is 6.90. The van der Waals surface area contributed by atoms with Gasteiger partial charge in [0.2, 0.25) is 0 Å². The lowest BCUT2D eigenvalue weighted by molar-refractivity contribution is 0.0727. The Labute approximate surface area is 271 Å². The highest BCUT2D eigenvalue weighted by atomic mass is 19.1. The highest BCUT2D eigenvalue weighted by Gasteiger charge is 2.39. The Bertz CT molecular complexity index is 1870. The molecule has 0 saturated carbocycles. The van der Waals surface area contributed by atoms with Gasteiger partial charge in [-0.1, -0.05) is 6.92 Å². The number of piperazine rings is 1. The third-order valence-corrected chi connectivity index (χ3v) is 9.51. The molecule has 13 heteroatoms. The number of hydrogen-bond donors (Lipinski definition) is 2. The normalized spacial score (nSPS) is 17.4. The number of ether oxygens (including phenoxy) is 1. The van der Waals surface area contributed by atoms with Crippen LogP contribution in [0.3, 0.4) is 0 Å². The Hall–Kier alpha value is -4.62. The van der Waals surface area contributed by atoms with Gasteiger partial charge in [-0.05, 0) is 62.7 Å². The van der Waals surface area contributed by atoms with Gasteiger partial charge < -0.3 is 19.9 Å². The van der Waals surface area contributed by atoms with Gasteiger partial charge in [0, 0.05) is 63.1 Å². The number of amides is 1. The van der Waals surface area contributed by atoms with Crippen LogP contribution in [-0.4, -0.2) is 105 Å². The number of H-pyrrole nitrogens is 1. The van der Waals surface area contributed by atoms with Crippen LogP contribution in [0.1, 0.15) is 37.0 Å². The first-order valence-electron chi connectivity index (χ1n) is 16.3. The first kappa shape index (κ1) is 31.0. The lowest BCUT2D eigenvalue weighted by Crippen LogP contribution is -2.62. The average molecular weight is 644 g/mol. The lowest BCUT2D eigenvalue weighted by atomic mass is 9.86. The molecule has 246 valence electrons. The van der Waals surface area contributed by atoms with E-state index in [0.717, 1.165) is 78.8 Å². The number of nitrogens with zero attached hydrogens (tertiary/aromatic N) is 7. The van der Waals surface area contributed by atoms with Gasteiger partial charge in [0.1, 0.15) is 23.2 Å². The van der Waals surface area contributed by atoms with Gasteiger partial charge in [0.15, 0.2) is 5.65 Å². The minimum Gasteiger partial charge on any atom is -0.492 e. The van der Waals surface area contributed by atoms with Crippen LogP contribution in [0, 0.1) is 11.6 Å². The van der Waals surface area contributed by atoms with Gasteiger partial charge in [0.25, 0.3) is 5.91 Å². The van der Waals surface area contributed by atoms with Gasteiger partial charge in [0.05, 0.1) is 41.0 Å². The second-order valence-corrected chi connectivity index (χ2v) is 12.4. The average Bonchev–Trinajstić information content (AvgIpc) is 3.68. The van der Waals surface area contributed by atoms with E-state index in [1.807, 2.05) is 36.0 Å². The Morgan fingerprint density at radius 2 is 1.79 bits per heavy atom. The quantitative estimate of drug-likeness (QED) is 0.244. The van der Waals surface area contributed by atoms with Crippen LogP contribution in [0.25, 0.3) is 27.7 Å². The van der Waals surface area contributed by atoms with Gasteiger partial charge in [-0.25, -0.2) is 18.3 Å². The molecule has 2 saturated heterocycles. The first-order chi connectivity index (χ1) is 22.8. The summed E-state index contributed by atoms with van der Waals surface area (Å²) >= 11 is 0. The number of rotatable bonds is 9. The van der Waals surface area contributed by atoms with E-state index in [1.165, 1.54) is 0 Å². The molecule has 1 aromatic carbocycles. The number of aromatic nitrogens is 5. The molecule has 0 radical (unpaired) electrons. The van der Waals surface area contributed by atoms with Crippen LogP contribution in [0.4, 0.5) is 14.6 Å². The summed E-state index contributed by atoms with van der Waals surface area (Å²) < 4.78 is 36.2. The number of anilines is 1. The number of hydrogen-bond acceptors (Lipinski definition) is 8. The summed E-state index contributed by atoms with van der Waals surface area (Å²) in [6, 6.07) is 9.07. The first-order valence-corrected chi connectivity index (χ1v) is 16.3. The molecule has 2 aliphatic rings. The third kappa shape index (κ3) is 6.24. The zero-order valence-corrected chi connectivity index (χ0v) is 26.7. The van der Waals surface area contributed by atoms with Crippen LogP contribution in [-0.2, 0) is 0 Å². The maximum atomic E-state index is 14.6. The Morgan fingerprint density at radius 3 is 2.51 bits per heavy atom. The maximum absolute atomic E-state index is 14.6. The predicted molar refractivity (Wildman–Crippen MR) is 176 cm³/mol. The second kappa shape index (κ2) is 12.9. The van der Waals surface area contributed by atoms with Crippen molar-refractivity contribution in [2.45, 2.75) is 32.2 Å². The third-order valence-electron chi connectivity index (χ3n) is 9.51. The maximum Gasteiger partial charge on any atom is 0.254 e. The van der Waals surface area contributed by atoms with E-state index in [9.17, 15) is 13.6 Å². The Balaban J connectivity index is 1.11. The van der Waals surface area contributed by atoms with E-state index in [0.29, 0.717) is 50.5 Å². The molecule has 2 fully saturated rings. The van der Waals surface area contributed by atoms with Crippen LogP contribution in [0.15, 0.2) is 55.0 Å². The second-order valence-electron chi connectivity index (χ2n) is 12.4. The topological polar surface area (TPSA) is 107 Å². The van der Waals surface area contributed by atoms with Gasteiger partial charge in [-0.15, -0.1) is 5.10 Å². The highest BCUT2D eigenvalue weighted by Crippen LogP contribution is 2.34. The summed E-state index contributed by atoms with van der Waals surface area (Å²) in [5.74, 6) is -0.414. The largest absolute Gasteiger partial charge is 0.492 e. The van der Waals surface area contributed by atoms with Crippen LogP contribution in [0.2, 0.25) is 0 Å². The number of aromatic amines is 1. The van der Waals surface area contributed by atoms with Crippen molar-refractivity contribution in [1.82, 2.24) is 39.9 Å². The lowest BCUT2D eigenvalue weighted by Gasteiger charge is -2.46. The molecule has 2 aliphatic heterocycles. The Morgan fingerprint density at radius 1 is 1.00 bits per heavy atom. The predicted octanol–water partition coefficient (Wildman–Crippen LogP) is 4.36. The van der Waals surface area contributed by atoms with Crippen molar-refractivity contribution in [3.63, 3.8) is 0 Å². The molecule has 1 amide bonds. The standard InChI is InChI=1S/C34H39F2N9O2/c1-3-42-13-15-43(16-14-42)22-34(39-33(46)27-17-24(35)6-7-29(27)36)9-11-44(12-10-34)30-8-5-23(19-37-30)26-18-25(47-4-2)21-45-31(26)28-20-38-40-32(28)41-45/h5-8,17-21H,3-4,9-16,22H2,1-2H3,(H,39,46)(H,40,41). The fourth-order valence-electron chi connectivity index (χ4n) is 6.90. The number of halogens is 2. The number of nitrogens with one attached hydrogen (secondary N) is 2. The molecule has 0 unspecified atom stereocenters. The van der Waals surface area contributed by atoms with Crippen molar-refractivity contribution in [1.29, 1.82) is 0 Å². The number of likely N-dealkylation sites (N-methyl/N-ethyl adjacent to an activating group) is 1. The molecule has 11 nitrogen and oxygen atoms in total. The SMILES string of the molecule is CCOc1cc(-c2ccc(N3CCC(CN4CCN(CC)CC4)(NC(=O)c4cc(F)ccc4F)CC3)nc2)c2c3cn[nH]c3nn2c1. The highest BCUT2D eigenvalue weighted by molar-refractivity contribution is 6.01. The van der Waals surface area contributed by atoms with Crippen molar-refractivity contribution in [3.8, 4) is 16.9 Å². The molecule has 47 heavy (non-hydrogen) atoms. The molecule has 0 aliphatic carbocycles. The monoisotopic (exact) mass is 643 g/mol. The van der Waals surface area contributed by atoms with Crippen LogP contribution < -0.4 is 15.0 Å². The molecule has 0 spiro atoms. The van der Waals surface area contributed by atoms with E-state index >= 15 is 0 Å². The van der Waals surface area contributed by atoms with E-state index in [4.69, 9.17) is 9.72 Å². The van der Waals surface area contributed by atoms with Gasteiger partial charge in [-0.2, -0.15) is 5.10 Å². The molecule has 0 atom stereocenters. The molecule has 2 N–H and O–H groups in total. The summed E-state index contributed by atoms with van der Waals surface area (Å²) in [6.07, 6.45) is 6.78. The van der Waals surface area contributed by atoms with Gasteiger partial charge in [-0.3, -0.25) is 14.8 Å². The zero-order valence-electron chi connectivity index (χ0n) is 26.7. The van der Waals surface area contributed by atoms with Crippen LogP contribution in [0.5, 0.6) is 5.75 Å². The van der Waals surface area contributed by atoms with E-state index in [2.05, 4.69) is 48.3 Å². The molecule has 0 bridgehead atoms. The minimum atomic E-state index is -0.731. The number of piperidine rings is 1. The molecular weight excluding hydrogens is 604 g/mol. The summed E-state index contributed by atoms with van der Waals surface area (Å²) in [6.45, 7) is 11.3. The summed E-state index contributed by atoms with van der Waals surface area (Å²) in [7, 11) is 0. The van der Waals surface area contributed by atoms with E-state index in [1.54, 1.807) is 6.20 Å². The number of fused-ring (bicyclic) bond motifs is 3. The molecule has 6 heterocycles. The Kier molecular flexibility index (Phi) is 8.50. The number of pyridine rings is 2. The van der Waals surface area contributed by atoms with Crippen molar-refractivity contribution >= 4 is 28.3 Å². The number of carbonyl (C=O) groups excluding carboxylic acids is 1. The van der Waals surface area contributed by atoms with Gasteiger partial charge >= 0.3 is 0 Å². The van der Waals surface area contributed by atoms with Crippen molar-refractivity contribution in [2.75, 3.05) is 63.9 Å². The minimum absolute atomic E-state index is 0.270. The molecule has 4 aromatic heterocycles. The molecular formula is C34H39F2N9O2. The summed E-state index contributed by atoms with van der Waals surface area (Å²) in [5.41, 5.74) is 2.61. The van der Waals surface area contributed by atoms with Crippen molar-refractivity contribution in [3.05, 3.63) is 72.2 Å². The van der Waals surface area contributed by atoms with E-state index < -0.39 is 23.1 Å². The summed E-state index contributed by atoms with van der Waals surface area (Å²) in [4.78, 5) is 25.2. The zero-order chi connectivity index (χ0) is 32.5. The number of carbonyl (C=O) groups is 1. The summed E-state index contributed by atoms with van der Waals surface area (Å²) in [5, 5.41) is 15.8. The molecule has 7 rings (SSSR count). The fraction of sp³-hybridized carbons (Fsp3) is 0.412. The van der Waals surface area contributed by atoms with Crippen molar-refractivity contribution in [2.24, 2.45) is 0 Å². The number of benzene rings is 1. The molecule has 5 aromatic rings. The smallest absolute Gasteiger partial charge is 0.254 e. The van der Waals surface area contributed by atoms with Crippen LogP contribution >= 0.6 is 0 Å². The van der Waals surface area contributed by atoms with Crippen molar-refractivity contribution < 1.29 is 18.3 Å². The van der Waals surface area contributed by atoms with E-state index in [-0.39, 0.29) is 5.56 Å².